The molecule has 0 aliphatic heterocycles. The monoisotopic (exact) mass is 486 g/mol. The lowest BCUT2D eigenvalue weighted by Gasteiger charge is -2.13. The summed E-state index contributed by atoms with van der Waals surface area (Å²) in [6.07, 6.45) is 0.795. The highest BCUT2D eigenvalue weighted by atomic mass is 32.1. The second-order valence-electron chi connectivity index (χ2n) is 8.30. The molecule has 188 valence electrons. The van der Waals surface area contributed by atoms with E-state index in [1.54, 1.807) is 40.6 Å². The van der Waals surface area contributed by atoms with E-state index in [-0.39, 0.29) is 53.3 Å². The van der Waals surface area contributed by atoms with Gasteiger partial charge in [-0.15, -0.1) is 0 Å². The maximum absolute atomic E-state index is 10.4. The highest BCUT2D eigenvalue weighted by molar-refractivity contribution is 7.81. The number of allylic oxidation sites excluding steroid dienone is 1. The van der Waals surface area contributed by atoms with Crippen molar-refractivity contribution >= 4 is 55.2 Å². The first-order valence-electron chi connectivity index (χ1n) is 9.13. The number of aliphatic hydroxyl groups is 1. The number of carbonyl (C=O) groups is 4. The summed E-state index contributed by atoms with van der Waals surface area (Å²) in [7, 11) is 0. The fourth-order valence-electron chi connectivity index (χ4n) is 1.22. The van der Waals surface area contributed by atoms with Crippen LogP contribution in [0.3, 0.4) is 0 Å². The van der Waals surface area contributed by atoms with Gasteiger partial charge in [0.1, 0.15) is 29.1 Å². The zero-order chi connectivity index (χ0) is 25.0. The molecular weight excluding hydrogens is 440 g/mol. The molecule has 0 saturated heterocycles. The van der Waals surface area contributed by atoms with E-state index in [1.807, 2.05) is 13.8 Å². The number of thiol groups is 1. The standard InChI is InChI=1S/C6H12O2.C6H12OS.C4H6O.2C3H6O.H2O.H2S/c2*1-5(7)4-6(2,3)8;1-4(2)3-5;2*1-3(2)4;;/h2*8H,4H2,1-3H3;1-2H3;2*1-2H3;2*1H2. The van der Waals surface area contributed by atoms with Crippen molar-refractivity contribution in [2.75, 3.05) is 0 Å². The third-order valence-corrected chi connectivity index (χ3v) is 1.73. The zero-order valence-electron chi connectivity index (χ0n) is 21.3. The Labute approximate surface area is 201 Å². The number of ketones is 4. The van der Waals surface area contributed by atoms with Gasteiger partial charge in [-0.25, -0.2) is 4.79 Å². The van der Waals surface area contributed by atoms with Gasteiger partial charge in [0.15, 0.2) is 0 Å². The molecule has 0 rings (SSSR count). The number of hydrogen-bond acceptors (Lipinski definition) is 7. The fraction of sp³-hybridized carbons (Fsp3) is 0.727. The molecule has 0 aromatic rings. The van der Waals surface area contributed by atoms with E-state index in [9.17, 15) is 24.0 Å². The largest absolute Gasteiger partial charge is 0.412 e. The molecule has 0 aliphatic carbocycles. The Hall–Kier alpha value is -1.25. The van der Waals surface area contributed by atoms with E-state index in [0.717, 1.165) is 0 Å². The average molecular weight is 487 g/mol. The third-order valence-electron chi connectivity index (χ3n) is 1.57. The Morgan fingerprint density at radius 1 is 0.742 bits per heavy atom. The van der Waals surface area contributed by atoms with Crippen molar-refractivity contribution in [3.8, 4) is 0 Å². The molecule has 31 heavy (non-hydrogen) atoms. The molecule has 0 aromatic heterocycles. The molecule has 0 spiro atoms. The summed E-state index contributed by atoms with van der Waals surface area (Å²) >= 11 is 4.17. The second kappa shape index (κ2) is 26.8. The van der Waals surface area contributed by atoms with Crippen LogP contribution in [0.5, 0.6) is 0 Å². The van der Waals surface area contributed by atoms with Crippen molar-refractivity contribution in [1.82, 2.24) is 0 Å². The number of Topliss-reactive ketones (excluding diaryl/α,β-unsaturated/α-hetero) is 4. The first-order valence-corrected chi connectivity index (χ1v) is 9.58. The maximum atomic E-state index is 10.4. The van der Waals surface area contributed by atoms with E-state index >= 15 is 0 Å². The van der Waals surface area contributed by atoms with Gasteiger partial charge >= 0.3 is 0 Å². The molecule has 0 bridgehead atoms. The zero-order valence-corrected chi connectivity index (χ0v) is 23.2. The van der Waals surface area contributed by atoms with Crippen LogP contribution in [0.2, 0.25) is 0 Å². The molecule has 0 amide bonds. The van der Waals surface area contributed by atoms with Crippen molar-refractivity contribution in [3.63, 3.8) is 0 Å². The highest BCUT2D eigenvalue weighted by Gasteiger charge is 2.14. The normalized spacial score (nSPS) is 8.58. The van der Waals surface area contributed by atoms with E-state index in [4.69, 9.17) is 5.11 Å². The van der Waals surface area contributed by atoms with Gasteiger partial charge < -0.3 is 20.2 Å². The molecule has 7 nitrogen and oxygen atoms in total. The Morgan fingerprint density at radius 2 is 0.935 bits per heavy atom. The van der Waals surface area contributed by atoms with Crippen LogP contribution in [-0.2, 0) is 24.0 Å². The fourth-order valence-corrected chi connectivity index (χ4v) is 1.44. The average Bonchev–Trinajstić information content (AvgIpc) is 2.32. The number of rotatable bonds is 4. The first-order chi connectivity index (χ1) is 12.6. The second-order valence-corrected chi connectivity index (χ2v) is 9.51. The van der Waals surface area contributed by atoms with Crippen molar-refractivity contribution in [2.45, 2.75) is 106 Å². The minimum absolute atomic E-state index is 0. The minimum Gasteiger partial charge on any atom is -0.412 e. The Kier molecular flexibility index (Phi) is 41.1. The predicted octanol–water partition coefficient (Wildman–Crippen LogP) is 3.67. The van der Waals surface area contributed by atoms with E-state index in [1.165, 1.54) is 34.6 Å². The Morgan fingerprint density at radius 3 is 0.935 bits per heavy atom. The van der Waals surface area contributed by atoms with E-state index in [2.05, 4.69) is 12.6 Å². The van der Waals surface area contributed by atoms with E-state index < -0.39 is 5.60 Å². The first kappa shape index (κ1) is 47.5. The van der Waals surface area contributed by atoms with Crippen LogP contribution < -0.4 is 0 Å². The van der Waals surface area contributed by atoms with Gasteiger partial charge in [0.05, 0.1) is 5.60 Å². The topological polar surface area (TPSA) is 137 Å². The van der Waals surface area contributed by atoms with Crippen LogP contribution in [0.25, 0.3) is 0 Å². The van der Waals surface area contributed by atoms with Crippen molar-refractivity contribution < 1.29 is 34.6 Å². The van der Waals surface area contributed by atoms with Crippen molar-refractivity contribution in [3.05, 3.63) is 5.57 Å². The summed E-state index contributed by atoms with van der Waals surface area (Å²) in [5.41, 5.74) is -0.128. The number of hydrogen-bond donors (Lipinski definition) is 2. The van der Waals surface area contributed by atoms with Gasteiger partial charge in [-0.1, -0.05) is 13.8 Å². The maximum Gasteiger partial charge on any atom is 0.132 e. The highest BCUT2D eigenvalue weighted by Crippen LogP contribution is 2.16. The number of carbonyl (C=O) groups excluding carboxylic acids is 5. The van der Waals surface area contributed by atoms with Gasteiger partial charge in [0.2, 0.25) is 0 Å². The molecule has 0 atom stereocenters. The lowest BCUT2D eigenvalue weighted by molar-refractivity contribution is -0.121. The van der Waals surface area contributed by atoms with Gasteiger partial charge in [0.25, 0.3) is 0 Å². The molecule has 3 N–H and O–H groups in total. The lowest BCUT2D eigenvalue weighted by Crippen LogP contribution is -2.21. The molecule has 0 fully saturated rings. The minimum atomic E-state index is -0.828. The Balaban J connectivity index is -0.0000000473. The van der Waals surface area contributed by atoms with Gasteiger partial charge in [0, 0.05) is 23.2 Å². The molecule has 0 heterocycles. The molecule has 0 aliphatic rings. The molecule has 0 saturated carbocycles. The quantitative estimate of drug-likeness (QED) is 0.459. The Bertz CT molecular complexity index is 487. The molecule has 0 unspecified atom stereocenters. The van der Waals surface area contributed by atoms with Crippen LogP contribution in [0.15, 0.2) is 5.57 Å². The molecule has 0 aromatic carbocycles. The third kappa shape index (κ3) is 178. The smallest absolute Gasteiger partial charge is 0.132 e. The van der Waals surface area contributed by atoms with E-state index in [0.29, 0.717) is 12.0 Å². The van der Waals surface area contributed by atoms with Crippen molar-refractivity contribution in [2.24, 2.45) is 0 Å². The van der Waals surface area contributed by atoms with Gasteiger partial charge in [-0.2, -0.15) is 26.1 Å². The summed E-state index contributed by atoms with van der Waals surface area (Å²) in [5.74, 6) is 2.25. The summed E-state index contributed by atoms with van der Waals surface area (Å²) in [6, 6.07) is 0. The predicted molar refractivity (Wildman–Crippen MR) is 137 cm³/mol. The SMILES string of the molecule is CC(=O)CC(C)(C)O.CC(=O)CC(C)(C)S.CC(C)=C=O.CC(C)=O.CC(C)=O.O.S. The molecule has 9 heteroatoms. The summed E-state index contributed by atoms with van der Waals surface area (Å²) < 4.78 is -0.133. The van der Waals surface area contributed by atoms with Gasteiger partial charge in [-0.3, -0.25) is 9.59 Å². The van der Waals surface area contributed by atoms with Gasteiger partial charge in [-0.05, 0) is 69.2 Å². The molecular formula is C22H46O7S2. The summed E-state index contributed by atoms with van der Waals surface area (Å²) in [4.78, 5) is 48.9. The van der Waals surface area contributed by atoms with Crippen molar-refractivity contribution in [1.29, 1.82) is 0 Å². The van der Waals surface area contributed by atoms with Crippen LogP contribution in [0, 0.1) is 0 Å². The van der Waals surface area contributed by atoms with Crippen LogP contribution >= 0.6 is 26.1 Å². The van der Waals surface area contributed by atoms with Crippen LogP contribution in [-0.4, -0.2) is 50.0 Å². The summed E-state index contributed by atoms with van der Waals surface area (Å²) in [5, 5.41) is 8.97. The summed E-state index contributed by atoms with van der Waals surface area (Å²) in [6.45, 7) is 19.7. The lowest BCUT2D eigenvalue weighted by atomic mass is 10.0. The van der Waals surface area contributed by atoms with Crippen LogP contribution in [0.1, 0.15) is 95.9 Å². The van der Waals surface area contributed by atoms with Crippen LogP contribution in [0.4, 0.5) is 0 Å². The molecule has 0 radical (unpaired) electrons.